The molecule has 2 aliphatic rings. The highest BCUT2D eigenvalue weighted by Gasteiger charge is 2.46. The molecule has 2 atom stereocenters. The monoisotopic (exact) mass is 507 g/mol. The number of aromatic nitrogens is 2. The molecule has 0 bridgehead atoms. The molecule has 1 fully saturated rings. The molecule has 0 aliphatic carbocycles. The number of benzene rings is 1. The molecule has 8 nitrogen and oxygen atoms in total. The topological polar surface area (TPSA) is 119 Å². The second kappa shape index (κ2) is 9.13. The zero-order chi connectivity index (χ0) is 25.5. The molecular formula is C23H24F3N5O3S. The van der Waals surface area contributed by atoms with Gasteiger partial charge in [-0.3, -0.25) is 0 Å². The Morgan fingerprint density at radius 1 is 1.26 bits per heavy atom. The fourth-order valence-corrected chi connectivity index (χ4v) is 6.08. The second-order valence-electron chi connectivity index (χ2n) is 8.81. The molecule has 3 heterocycles. The summed E-state index contributed by atoms with van der Waals surface area (Å²) in [5, 5.41) is 24.0. The number of aliphatic hydroxyl groups is 1. The van der Waals surface area contributed by atoms with Crippen LogP contribution in [0.25, 0.3) is 6.08 Å². The van der Waals surface area contributed by atoms with Gasteiger partial charge in [0.15, 0.2) is 6.23 Å². The van der Waals surface area contributed by atoms with Crippen LogP contribution in [-0.4, -0.2) is 48.3 Å². The van der Waals surface area contributed by atoms with Crippen molar-refractivity contribution in [1.29, 1.82) is 5.26 Å². The van der Waals surface area contributed by atoms with E-state index in [9.17, 15) is 32.0 Å². The largest absolute Gasteiger partial charge is 0.369 e. The van der Waals surface area contributed by atoms with Crippen LogP contribution in [0.5, 0.6) is 0 Å². The highest BCUT2D eigenvalue weighted by atomic mass is 32.2. The molecule has 0 saturated carbocycles. The van der Waals surface area contributed by atoms with E-state index in [-0.39, 0.29) is 35.7 Å². The Balaban J connectivity index is 1.75. The summed E-state index contributed by atoms with van der Waals surface area (Å²) in [6, 6.07) is 5.24. The molecule has 12 heteroatoms. The Hall–Kier alpha value is -3.17. The number of hydrogen-bond donors (Lipinski definition) is 2. The lowest BCUT2D eigenvalue weighted by Gasteiger charge is -2.41. The maximum atomic E-state index is 14.7. The van der Waals surface area contributed by atoms with Gasteiger partial charge < -0.3 is 15.3 Å². The number of aliphatic hydroxyl groups excluding tert-OH is 1. The zero-order valence-corrected chi connectivity index (χ0v) is 19.9. The van der Waals surface area contributed by atoms with Crippen LogP contribution in [0.1, 0.15) is 48.9 Å². The van der Waals surface area contributed by atoms with Gasteiger partial charge in [0.25, 0.3) is 6.43 Å². The van der Waals surface area contributed by atoms with Gasteiger partial charge in [0, 0.05) is 12.6 Å². The highest BCUT2D eigenvalue weighted by molar-refractivity contribution is 7.91. The van der Waals surface area contributed by atoms with Crippen LogP contribution in [0.2, 0.25) is 0 Å². The number of nitrogens with one attached hydrogen (secondary N) is 1. The Morgan fingerprint density at radius 2 is 1.91 bits per heavy atom. The Kier molecular flexibility index (Phi) is 6.50. The molecule has 4 rings (SSSR count). The van der Waals surface area contributed by atoms with Crippen LogP contribution in [0.15, 0.2) is 30.1 Å². The summed E-state index contributed by atoms with van der Waals surface area (Å²) < 4.78 is 65.0. The number of halogens is 3. The van der Waals surface area contributed by atoms with Crippen molar-refractivity contribution in [2.45, 2.75) is 38.5 Å². The van der Waals surface area contributed by atoms with Crippen molar-refractivity contribution in [2.75, 3.05) is 28.8 Å². The molecule has 1 unspecified atom stereocenters. The molecule has 186 valence electrons. The van der Waals surface area contributed by atoms with Crippen LogP contribution in [0.3, 0.4) is 0 Å². The third-order valence-electron chi connectivity index (χ3n) is 6.70. The van der Waals surface area contributed by atoms with E-state index in [0.29, 0.717) is 17.0 Å². The molecule has 0 radical (unpaired) electrons. The minimum absolute atomic E-state index is 0.0227. The first-order valence-electron chi connectivity index (χ1n) is 10.9. The molecule has 2 N–H and O–H groups in total. The van der Waals surface area contributed by atoms with E-state index < -0.39 is 45.3 Å². The minimum Gasteiger partial charge on any atom is -0.369 e. The molecule has 35 heavy (non-hydrogen) atoms. The van der Waals surface area contributed by atoms with Gasteiger partial charge in [0.2, 0.25) is 0 Å². The van der Waals surface area contributed by atoms with E-state index in [1.54, 1.807) is 20.0 Å². The Labute approximate surface area is 201 Å². The molecule has 0 amide bonds. The maximum Gasteiger partial charge on any atom is 0.266 e. The van der Waals surface area contributed by atoms with Crippen LogP contribution in [0, 0.1) is 22.6 Å². The summed E-state index contributed by atoms with van der Waals surface area (Å²) in [7, 11) is -1.69. The highest BCUT2D eigenvalue weighted by Crippen LogP contribution is 2.46. The van der Waals surface area contributed by atoms with Crippen molar-refractivity contribution in [3.05, 3.63) is 52.6 Å². The van der Waals surface area contributed by atoms with E-state index in [4.69, 9.17) is 0 Å². The Bertz CT molecular complexity index is 1310. The van der Waals surface area contributed by atoms with Crippen LogP contribution in [-0.2, 0) is 9.84 Å². The second-order valence-corrected chi connectivity index (χ2v) is 11.1. The molecule has 2 aliphatic heterocycles. The maximum absolute atomic E-state index is 14.7. The van der Waals surface area contributed by atoms with Crippen molar-refractivity contribution in [3.63, 3.8) is 0 Å². The number of nitrogens with zero attached hydrogens (tertiary/aromatic N) is 4. The van der Waals surface area contributed by atoms with E-state index in [0.717, 1.165) is 6.07 Å². The number of sulfone groups is 1. The summed E-state index contributed by atoms with van der Waals surface area (Å²) >= 11 is 0. The van der Waals surface area contributed by atoms with E-state index >= 15 is 0 Å². The van der Waals surface area contributed by atoms with Gasteiger partial charge in [-0.05, 0) is 31.4 Å². The standard InChI is InChI=1S/C23H24F3N5O3S/c1-13(14-4-3-5-15(18(14)24)19(25)26)30-20-16-10-17(22(32)31(2)21(16)29-12-28-20)23(11-27)6-8-35(33,34)9-7-23/h3-5,10,12-13,19,22,32H,6-9H2,1-2H3,(H,28,29,30)/t13-,22?/m1/s1. The number of hydrogen-bond acceptors (Lipinski definition) is 8. The van der Waals surface area contributed by atoms with Gasteiger partial charge in [-0.15, -0.1) is 0 Å². The van der Waals surface area contributed by atoms with Crippen molar-refractivity contribution < 1.29 is 26.7 Å². The number of likely N-dealkylation sites (N-methyl/N-ethyl adjacent to an activating group) is 1. The summed E-state index contributed by atoms with van der Waals surface area (Å²) in [5.74, 6) is -0.773. The lowest BCUT2D eigenvalue weighted by molar-refractivity contribution is 0.146. The molecular weight excluding hydrogens is 483 g/mol. The van der Waals surface area contributed by atoms with Gasteiger partial charge in [-0.25, -0.2) is 31.6 Å². The predicted octanol–water partition coefficient (Wildman–Crippen LogP) is 3.60. The first-order chi connectivity index (χ1) is 16.5. The van der Waals surface area contributed by atoms with Gasteiger partial charge >= 0.3 is 0 Å². The zero-order valence-electron chi connectivity index (χ0n) is 19.0. The fraction of sp³-hybridized carbons (Fsp3) is 0.435. The van der Waals surface area contributed by atoms with Gasteiger partial charge in [-0.2, -0.15) is 5.26 Å². The summed E-state index contributed by atoms with van der Waals surface area (Å²) in [4.78, 5) is 9.89. The van der Waals surface area contributed by atoms with Gasteiger partial charge in [0.05, 0.1) is 40.2 Å². The Morgan fingerprint density at radius 3 is 2.54 bits per heavy atom. The van der Waals surface area contributed by atoms with Crippen molar-refractivity contribution in [1.82, 2.24) is 9.97 Å². The summed E-state index contributed by atoms with van der Waals surface area (Å²) in [6.07, 6.45) is -1.29. The lowest BCUT2D eigenvalue weighted by Crippen LogP contribution is -2.45. The lowest BCUT2D eigenvalue weighted by atomic mass is 9.73. The fourth-order valence-electron chi connectivity index (χ4n) is 4.56. The first-order valence-corrected chi connectivity index (χ1v) is 12.7. The van der Waals surface area contributed by atoms with E-state index in [2.05, 4.69) is 21.4 Å². The molecule has 1 aromatic carbocycles. The molecule has 1 saturated heterocycles. The SMILES string of the molecule is C[C@@H](Nc1ncnc2c1C=C(C1(C#N)CCS(=O)(=O)CC1)C(O)N2C)c1cccc(C(F)F)c1F. The average Bonchev–Trinajstić information content (AvgIpc) is 2.82. The average molecular weight is 508 g/mol. The quantitative estimate of drug-likeness (QED) is 0.630. The van der Waals surface area contributed by atoms with Crippen molar-refractivity contribution in [3.8, 4) is 6.07 Å². The summed E-state index contributed by atoms with van der Waals surface area (Å²) in [6.45, 7) is 1.59. The van der Waals surface area contributed by atoms with E-state index in [1.165, 1.54) is 23.4 Å². The molecule has 0 spiro atoms. The van der Waals surface area contributed by atoms with Crippen LogP contribution in [0.4, 0.5) is 24.8 Å². The van der Waals surface area contributed by atoms with Crippen LogP contribution < -0.4 is 10.2 Å². The number of nitriles is 1. The number of fused-ring (bicyclic) bond motifs is 1. The predicted molar refractivity (Wildman–Crippen MR) is 124 cm³/mol. The minimum atomic E-state index is -3.26. The number of anilines is 2. The van der Waals surface area contributed by atoms with Crippen molar-refractivity contribution in [2.24, 2.45) is 5.41 Å². The van der Waals surface area contributed by atoms with Crippen molar-refractivity contribution >= 4 is 27.5 Å². The van der Waals surface area contributed by atoms with Gasteiger partial charge in [0.1, 0.15) is 33.6 Å². The van der Waals surface area contributed by atoms with Gasteiger partial charge in [-0.1, -0.05) is 18.2 Å². The molecule has 1 aromatic heterocycles. The third kappa shape index (κ3) is 4.46. The first kappa shape index (κ1) is 24.9. The number of rotatable bonds is 5. The number of alkyl halides is 2. The smallest absolute Gasteiger partial charge is 0.266 e. The molecule has 2 aromatic rings. The van der Waals surface area contributed by atoms with Crippen LogP contribution >= 0.6 is 0 Å². The summed E-state index contributed by atoms with van der Waals surface area (Å²) in [5.41, 5.74) is -1.15. The third-order valence-corrected chi connectivity index (χ3v) is 8.35. The normalized spacial score (nSPS) is 21.6. The van der Waals surface area contributed by atoms with E-state index in [1.807, 2.05) is 0 Å².